The molecule has 6 nitrogen and oxygen atoms in total. The number of thiophene rings is 1. The number of nitrogens with one attached hydrogen (secondary N) is 2. The second-order valence-corrected chi connectivity index (χ2v) is 7.61. The van der Waals surface area contributed by atoms with E-state index in [1.807, 2.05) is 65.6 Å². The van der Waals surface area contributed by atoms with Crippen molar-refractivity contribution in [3.8, 4) is 16.3 Å². The summed E-state index contributed by atoms with van der Waals surface area (Å²) in [6, 6.07) is 13.4. The van der Waals surface area contributed by atoms with E-state index in [9.17, 15) is 4.79 Å². The van der Waals surface area contributed by atoms with Crippen LogP contribution in [0, 0.1) is 0 Å². The molecular weight excluding hydrogens is 392 g/mol. The van der Waals surface area contributed by atoms with Crippen LogP contribution in [0.3, 0.4) is 0 Å². The molecule has 1 aromatic carbocycles. The first-order valence-corrected chi connectivity index (χ1v) is 9.92. The summed E-state index contributed by atoms with van der Waals surface area (Å²) < 4.78 is 6.85. The molecule has 2 N–H and O–H groups in total. The van der Waals surface area contributed by atoms with Crippen LogP contribution in [-0.4, -0.2) is 28.0 Å². The van der Waals surface area contributed by atoms with Crippen LogP contribution >= 0.6 is 23.6 Å². The number of nitrogens with zero attached hydrogens (tertiary/aromatic N) is 2. The van der Waals surface area contributed by atoms with Crippen molar-refractivity contribution in [1.82, 2.24) is 20.4 Å². The molecule has 142 valence electrons. The summed E-state index contributed by atoms with van der Waals surface area (Å²) in [5.41, 5.74) is 3.75. The highest BCUT2D eigenvalue weighted by Gasteiger charge is 2.34. The number of esters is 1. The number of benzene rings is 1. The zero-order valence-corrected chi connectivity index (χ0v) is 16.9. The molecule has 1 aliphatic rings. The van der Waals surface area contributed by atoms with E-state index in [0.29, 0.717) is 16.4 Å². The maximum Gasteiger partial charge on any atom is 0.337 e. The summed E-state index contributed by atoms with van der Waals surface area (Å²) in [5, 5.41) is 13.5. The molecule has 3 aromatic rings. The molecule has 2 aromatic heterocycles. The number of carbonyl (C=O) groups is 1. The van der Waals surface area contributed by atoms with Gasteiger partial charge in [0.1, 0.15) is 5.69 Å². The van der Waals surface area contributed by atoms with Crippen molar-refractivity contribution < 1.29 is 9.53 Å². The number of thiocarbonyl (C=S) groups is 1. The number of ether oxygens (including phenoxy) is 1. The third kappa shape index (κ3) is 3.32. The number of hydrogen-bond donors (Lipinski definition) is 2. The second kappa shape index (κ2) is 7.57. The molecule has 0 unspecified atom stereocenters. The molecule has 1 atom stereocenters. The van der Waals surface area contributed by atoms with Gasteiger partial charge in [-0.3, -0.25) is 0 Å². The van der Waals surface area contributed by atoms with E-state index in [-0.39, 0.29) is 0 Å². The third-order valence-electron chi connectivity index (χ3n) is 4.50. The first-order chi connectivity index (χ1) is 13.6. The molecule has 3 heterocycles. The Balaban J connectivity index is 1.90. The molecule has 0 amide bonds. The number of aromatic nitrogens is 2. The molecule has 0 fully saturated rings. The predicted octanol–water partition coefficient (Wildman–Crippen LogP) is 3.57. The lowest BCUT2D eigenvalue weighted by atomic mass is 9.95. The quantitative estimate of drug-likeness (QED) is 0.506. The van der Waals surface area contributed by atoms with Gasteiger partial charge in [0, 0.05) is 17.5 Å². The van der Waals surface area contributed by atoms with Crippen molar-refractivity contribution in [2.24, 2.45) is 0 Å². The molecule has 0 saturated heterocycles. The fraction of sp³-hybridized carbons (Fsp3) is 0.150. The van der Waals surface area contributed by atoms with Crippen LogP contribution in [0.4, 0.5) is 0 Å². The van der Waals surface area contributed by atoms with Gasteiger partial charge in [0.05, 0.1) is 29.3 Å². The van der Waals surface area contributed by atoms with E-state index in [1.54, 1.807) is 11.3 Å². The minimum atomic E-state index is -0.462. The molecule has 0 radical (unpaired) electrons. The fourth-order valence-corrected chi connectivity index (χ4v) is 4.23. The van der Waals surface area contributed by atoms with Crippen molar-refractivity contribution in [3.05, 3.63) is 70.9 Å². The number of allylic oxidation sites excluding steroid dienone is 1. The Morgan fingerprint density at radius 2 is 2.04 bits per heavy atom. The molecule has 0 bridgehead atoms. The van der Waals surface area contributed by atoms with Gasteiger partial charge in [-0.1, -0.05) is 24.3 Å². The van der Waals surface area contributed by atoms with Crippen molar-refractivity contribution >= 4 is 34.6 Å². The van der Waals surface area contributed by atoms with Crippen molar-refractivity contribution in [2.75, 3.05) is 7.11 Å². The molecule has 0 spiro atoms. The number of methoxy groups -OCH3 is 1. The first-order valence-electron chi connectivity index (χ1n) is 8.64. The van der Waals surface area contributed by atoms with Crippen LogP contribution in [0.5, 0.6) is 0 Å². The van der Waals surface area contributed by atoms with Gasteiger partial charge in [0.15, 0.2) is 5.11 Å². The number of hydrogen-bond acceptors (Lipinski definition) is 5. The molecule has 4 rings (SSSR count). The Morgan fingerprint density at radius 3 is 2.71 bits per heavy atom. The van der Waals surface area contributed by atoms with Gasteiger partial charge in [0.2, 0.25) is 0 Å². The first kappa shape index (κ1) is 18.4. The molecular formula is C20H18N4O2S2. The number of para-hydroxylation sites is 1. The second-order valence-electron chi connectivity index (χ2n) is 6.25. The molecule has 0 aliphatic carbocycles. The van der Waals surface area contributed by atoms with E-state index in [1.165, 1.54) is 7.11 Å². The standard InChI is InChI=1S/C20H18N4O2S2/c1-12-16(19(25)26-2)18(22-20(27)21-12)14-11-24(13-7-4-3-5-8-13)23-17(14)15-9-6-10-28-15/h3-11,18H,1-2H3,(H2,21,22,27)/t18-/m0/s1. The summed E-state index contributed by atoms with van der Waals surface area (Å²) in [6.07, 6.45) is 1.94. The molecule has 0 saturated carbocycles. The highest BCUT2D eigenvalue weighted by Crippen LogP contribution is 2.36. The summed E-state index contributed by atoms with van der Waals surface area (Å²) in [7, 11) is 1.38. The third-order valence-corrected chi connectivity index (χ3v) is 5.60. The summed E-state index contributed by atoms with van der Waals surface area (Å²) in [6.45, 7) is 1.82. The normalized spacial score (nSPS) is 16.5. The Bertz CT molecular complexity index is 1060. The Labute approximate surface area is 171 Å². The van der Waals surface area contributed by atoms with Crippen molar-refractivity contribution in [1.29, 1.82) is 0 Å². The summed E-state index contributed by atoms with van der Waals surface area (Å²) in [5.74, 6) is -0.408. The van der Waals surface area contributed by atoms with Crippen molar-refractivity contribution in [3.63, 3.8) is 0 Å². The van der Waals surface area contributed by atoms with E-state index >= 15 is 0 Å². The summed E-state index contributed by atoms with van der Waals surface area (Å²) in [4.78, 5) is 13.5. The van der Waals surface area contributed by atoms with E-state index in [2.05, 4.69) is 10.6 Å². The van der Waals surface area contributed by atoms with Gasteiger partial charge < -0.3 is 15.4 Å². The Kier molecular flexibility index (Phi) is 4.97. The number of rotatable bonds is 4. The lowest BCUT2D eigenvalue weighted by Crippen LogP contribution is -2.45. The van der Waals surface area contributed by atoms with Gasteiger partial charge in [-0.25, -0.2) is 9.48 Å². The van der Waals surface area contributed by atoms with Gasteiger partial charge in [-0.2, -0.15) is 5.10 Å². The highest BCUT2D eigenvalue weighted by atomic mass is 32.1. The van der Waals surface area contributed by atoms with Crippen LogP contribution in [0.1, 0.15) is 18.5 Å². The van der Waals surface area contributed by atoms with Crippen molar-refractivity contribution in [2.45, 2.75) is 13.0 Å². The lowest BCUT2D eigenvalue weighted by Gasteiger charge is -2.29. The van der Waals surface area contributed by atoms with Crippen LogP contribution in [-0.2, 0) is 9.53 Å². The average Bonchev–Trinajstić information content (AvgIpc) is 3.37. The van der Waals surface area contributed by atoms with Crippen LogP contribution < -0.4 is 10.6 Å². The van der Waals surface area contributed by atoms with E-state index in [0.717, 1.165) is 21.8 Å². The largest absolute Gasteiger partial charge is 0.466 e. The van der Waals surface area contributed by atoms with Crippen LogP contribution in [0.25, 0.3) is 16.3 Å². The molecule has 8 heteroatoms. The topological polar surface area (TPSA) is 68.2 Å². The molecule has 28 heavy (non-hydrogen) atoms. The Morgan fingerprint density at radius 1 is 1.25 bits per heavy atom. The van der Waals surface area contributed by atoms with Gasteiger partial charge in [-0.05, 0) is 42.7 Å². The average molecular weight is 411 g/mol. The summed E-state index contributed by atoms with van der Waals surface area (Å²) >= 11 is 6.94. The van der Waals surface area contributed by atoms with Crippen LogP contribution in [0.2, 0.25) is 0 Å². The van der Waals surface area contributed by atoms with E-state index in [4.69, 9.17) is 22.1 Å². The minimum absolute atomic E-state index is 0.408. The highest BCUT2D eigenvalue weighted by molar-refractivity contribution is 7.80. The fourth-order valence-electron chi connectivity index (χ4n) is 3.22. The predicted molar refractivity (Wildman–Crippen MR) is 113 cm³/mol. The van der Waals surface area contributed by atoms with Crippen LogP contribution in [0.15, 0.2) is 65.3 Å². The maximum absolute atomic E-state index is 12.5. The SMILES string of the molecule is COC(=O)C1=C(C)NC(=S)N[C@H]1c1cn(-c2ccccc2)nc1-c1cccs1. The van der Waals surface area contributed by atoms with Gasteiger partial charge in [0.25, 0.3) is 0 Å². The lowest BCUT2D eigenvalue weighted by molar-refractivity contribution is -0.136. The number of carbonyl (C=O) groups excluding carboxylic acids is 1. The zero-order chi connectivity index (χ0) is 19.7. The zero-order valence-electron chi connectivity index (χ0n) is 15.3. The Hall–Kier alpha value is -2.97. The molecule has 1 aliphatic heterocycles. The minimum Gasteiger partial charge on any atom is -0.466 e. The monoisotopic (exact) mass is 410 g/mol. The van der Waals surface area contributed by atoms with E-state index < -0.39 is 12.0 Å². The maximum atomic E-state index is 12.5. The smallest absolute Gasteiger partial charge is 0.337 e. The van der Waals surface area contributed by atoms with Gasteiger partial charge in [-0.15, -0.1) is 11.3 Å². The van der Waals surface area contributed by atoms with Gasteiger partial charge >= 0.3 is 5.97 Å².